The van der Waals surface area contributed by atoms with Gasteiger partial charge in [-0.05, 0) is 30.3 Å². The summed E-state index contributed by atoms with van der Waals surface area (Å²) in [6.07, 6.45) is 1.58. The van der Waals surface area contributed by atoms with Crippen molar-refractivity contribution in [2.45, 2.75) is 4.90 Å². The first kappa shape index (κ1) is 19.1. The number of anilines is 2. The molecule has 0 amide bonds. The molecule has 1 fully saturated rings. The lowest BCUT2D eigenvalue weighted by molar-refractivity contribution is -0.387. The van der Waals surface area contributed by atoms with E-state index < -0.39 is 25.5 Å². The molecule has 1 aromatic heterocycles. The third kappa shape index (κ3) is 3.71. The van der Waals surface area contributed by atoms with E-state index in [9.17, 15) is 18.5 Å². The number of sulfonamides is 1. The largest absolute Gasteiger partial charge is 0.378 e. The minimum Gasteiger partial charge on any atom is -0.378 e. The maximum Gasteiger partial charge on any atom is 0.289 e. The van der Waals surface area contributed by atoms with Gasteiger partial charge in [-0.25, -0.2) is 8.42 Å². The lowest BCUT2D eigenvalue weighted by Crippen LogP contribution is -2.36. The summed E-state index contributed by atoms with van der Waals surface area (Å²) < 4.78 is 33.6. The Labute approximate surface area is 167 Å². The van der Waals surface area contributed by atoms with Crippen molar-refractivity contribution in [3.63, 3.8) is 0 Å². The van der Waals surface area contributed by atoms with Crippen molar-refractivity contribution < 1.29 is 18.1 Å². The second-order valence-corrected chi connectivity index (χ2v) is 8.11. The van der Waals surface area contributed by atoms with Gasteiger partial charge in [0, 0.05) is 36.4 Å². The Morgan fingerprint density at radius 1 is 1.07 bits per heavy atom. The molecule has 10 heteroatoms. The second kappa shape index (κ2) is 7.64. The van der Waals surface area contributed by atoms with Gasteiger partial charge in [-0.3, -0.25) is 19.8 Å². The molecule has 4 rings (SSSR count). The summed E-state index contributed by atoms with van der Waals surface area (Å²) in [6, 6.07) is 12.3. The number of hydrogen-bond donors (Lipinski definition) is 1. The Morgan fingerprint density at radius 3 is 2.59 bits per heavy atom. The van der Waals surface area contributed by atoms with Gasteiger partial charge >= 0.3 is 0 Å². The van der Waals surface area contributed by atoms with Crippen LogP contribution in [0.2, 0.25) is 0 Å². The van der Waals surface area contributed by atoms with Crippen LogP contribution in [0.4, 0.5) is 17.1 Å². The van der Waals surface area contributed by atoms with Gasteiger partial charge in [0.05, 0.1) is 29.3 Å². The maximum atomic E-state index is 12.9. The molecule has 0 saturated carbocycles. The standard InChI is InChI=1S/C19H18N4O5S/c24-23(25)17-5-1-2-6-18(17)29(26,27)21-15-7-8-16(22-10-12-28-13-11-22)14-4-3-9-20-19(14)15/h1-9,21H,10-13H2. The predicted octanol–water partition coefficient (Wildman–Crippen LogP) is 2.78. The van der Waals surface area contributed by atoms with Gasteiger partial charge in [0.2, 0.25) is 0 Å². The van der Waals surface area contributed by atoms with Crippen LogP contribution in [0.1, 0.15) is 0 Å². The summed E-state index contributed by atoms with van der Waals surface area (Å²) >= 11 is 0. The number of aromatic nitrogens is 1. The topological polar surface area (TPSA) is 115 Å². The van der Waals surface area contributed by atoms with E-state index in [1.807, 2.05) is 12.1 Å². The molecule has 0 unspecified atom stereocenters. The summed E-state index contributed by atoms with van der Waals surface area (Å²) in [5.41, 5.74) is 1.18. The number of ether oxygens (including phenoxy) is 1. The van der Waals surface area contributed by atoms with Gasteiger partial charge in [0.15, 0.2) is 4.90 Å². The zero-order valence-electron chi connectivity index (χ0n) is 15.3. The quantitative estimate of drug-likeness (QED) is 0.504. The third-order valence-electron chi connectivity index (χ3n) is 4.69. The highest BCUT2D eigenvalue weighted by molar-refractivity contribution is 7.92. The second-order valence-electron chi connectivity index (χ2n) is 6.46. The van der Waals surface area contributed by atoms with Crippen molar-refractivity contribution in [3.8, 4) is 0 Å². The van der Waals surface area contributed by atoms with E-state index in [2.05, 4.69) is 14.6 Å². The van der Waals surface area contributed by atoms with Gasteiger partial charge in [0.1, 0.15) is 0 Å². The molecule has 0 bridgehead atoms. The van der Waals surface area contributed by atoms with Gasteiger partial charge in [-0.1, -0.05) is 12.1 Å². The summed E-state index contributed by atoms with van der Waals surface area (Å²) in [5, 5.41) is 12.0. The van der Waals surface area contributed by atoms with Crippen molar-refractivity contribution in [1.82, 2.24) is 4.98 Å². The van der Waals surface area contributed by atoms with Crippen LogP contribution < -0.4 is 9.62 Å². The Morgan fingerprint density at radius 2 is 1.83 bits per heavy atom. The van der Waals surface area contributed by atoms with E-state index in [4.69, 9.17) is 4.74 Å². The van der Waals surface area contributed by atoms with Gasteiger partial charge in [-0.15, -0.1) is 0 Å². The third-order valence-corrected chi connectivity index (χ3v) is 6.11. The Balaban J connectivity index is 1.77. The zero-order chi connectivity index (χ0) is 20.4. The van der Waals surface area contributed by atoms with Gasteiger partial charge < -0.3 is 9.64 Å². The van der Waals surface area contributed by atoms with Crippen LogP contribution >= 0.6 is 0 Å². The minimum absolute atomic E-state index is 0.260. The molecule has 2 heterocycles. The lowest BCUT2D eigenvalue weighted by Gasteiger charge is -2.30. The molecule has 9 nitrogen and oxygen atoms in total. The van der Waals surface area contributed by atoms with Crippen molar-refractivity contribution in [3.05, 3.63) is 64.8 Å². The van der Waals surface area contributed by atoms with Crippen LogP contribution in [-0.2, 0) is 14.8 Å². The Kier molecular flexibility index (Phi) is 5.03. The van der Waals surface area contributed by atoms with E-state index in [-0.39, 0.29) is 5.69 Å². The molecule has 1 N–H and O–H groups in total. The molecule has 0 aliphatic carbocycles. The zero-order valence-corrected chi connectivity index (χ0v) is 16.1. The molecule has 0 radical (unpaired) electrons. The normalized spacial score (nSPS) is 14.7. The number of benzene rings is 2. The first-order chi connectivity index (χ1) is 14.0. The highest BCUT2D eigenvalue weighted by Gasteiger charge is 2.26. The number of pyridine rings is 1. The van der Waals surface area contributed by atoms with Crippen LogP contribution in [0.15, 0.2) is 59.6 Å². The molecule has 150 valence electrons. The molecule has 29 heavy (non-hydrogen) atoms. The molecular weight excluding hydrogens is 396 g/mol. The fourth-order valence-corrected chi connectivity index (χ4v) is 4.59. The molecule has 1 aliphatic heterocycles. The van der Waals surface area contributed by atoms with E-state index in [1.54, 1.807) is 18.3 Å². The van der Waals surface area contributed by atoms with E-state index in [0.29, 0.717) is 18.7 Å². The van der Waals surface area contributed by atoms with E-state index in [1.165, 1.54) is 18.2 Å². The molecule has 0 atom stereocenters. The highest BCUT2D eigenvalue weighted by atomic mass is 32.2. The Bertz CT molecular complexity index is 1180. The maximum absolute atomic E-state index is 12.9. The highest BCUT2D eigenvalue weighted by Crippen LogP contribution is 2.33. The number of fused-ring (bicyclic) bond motifs is 1. The van der Waals surface area contributed by atoms with Gasteiger partial charge in [0.25, 0.3) is 15.7 Å². The number of nitro benzene ring substituents is 1. The van der Waals surface area contributed by atoms with Crippen LogP contribution in [0.25, 0.3) is 10.9 Å². The van der Waals surface area contributed by atoms with E-state index in [0.717, 1.165) is 30.2 Å². The number of nitrogens with zero attached hydrogens (tertiary/aromatic N) is 3. The fourth-order valence-electron chi connectivity index (χ4n) is 3.35. The average Bonchev–Trinajstić information content (AvgIpc) is 2.74. The molecule has 1 aliphatic rings. The number of nitro groups is 1. The SMILES string of the molecule is O=[N+]([O-])c1ccccc1S(=O)(=O)Nc1ccc(N2CCOCC2)c2cccnc12. The molecule has 0 spiro atoms. The van der Waals surface area contributed by atoms with Crippen LogP contribution in [0.3, 0.4) is 0 Å². The number of nitrogens with one attached hydrogen (secondary N) is 1. The van der Waals surface area contributed by atoms with Crippen molar-refractivity contribution >= 4 is 38.0 Å². The number of para-hydroxylation sites is 1. The summed E-state index contributed by atoms with van der Waals surface area (Å²) in [6.45, 7) is 2.69. The first-order valence-corrected chi connectivity index (χ1v) is 10.4. The molecule has 2 aromatic carbocycles. The van der Waals surface area contributed by atoms with Crippen molar-refractivity contribution in [2.24, 2.45) is 0 Å². The average molecular weight is 414 g/mol. The lowest BCUT2D eigenvalue weighted by atomic mass is 10.1. The van der Waals surface area contributed by atoms with Crippen molar-refractivity contribution in [2.75, 3.05) is 35.9 Å². The van der Waals surface area contributed by atoms with Crippen LogP contribution in [0.5, 0.6) is 0 Å². The summed E-state index contributed by atoms with van der Waals surface area (Å²) in [7, 11) is -4.18. The van der Waals surface area contributed by atoms with Gasteiger partial charge in [-0.2, -0.15) is 0 Å². The minimum atomic E-state index is -4.18. The smallest absolute Gasteiger partial charge is 0.289 e. The van der Waals surface area contributed by atoms with E-state index >= 15 is 0 Å². The Hall–Kier alpha value is -3.24. The molecular formula is C19H18N4O5S. The number of morpholine rings is 1. The van der Waals surface area contributed by atoms with Crippen LogP contribution in [-0.4, -0.2) is 44.6 Å². The number of rotatable bonds is 5. The number of hydrogen-bond acceptors (Lipinski definition) is 7. The van der Waals surface area contributed by atoms with Crippen LogP contribution in [0, 0.1) is 10.1 Å². The van der Waals surface area contributed by atoms with Crippen molar-refractivity contribution in [1.29, 1.82) is 0 Å². The summed E-state index contributed by atoms with van der Waals surface area (Å²) in [4.78, 5) is 16.6. The monoisotopic (exact) mass is 414 g/mol. The first-order valence-electron chi connectivity index (χ1n) is 8.94. The predicted molar refractivity (Wildman–Crippen MR) is 109 cm³/mol. The summed E-state index contributed by atoms with van der Waals surface area (Å²) in [5.74, 6) is 0. The fraction of sp³-hybridized carbons (Fsp3) is 0.211. The molecule has 3 aromatic rings. The molecule has 1 saturated heterocycles.